The van der Waals surface area contributed by atoms with E-state index < -0.39 is 35.3 Å². The van der Waals surface area contributed by atoms with Crippen molar-refractivity contribution in [1.82, 2.24) is 4.57 Å². The van der Waals surface area contributed by atoms with Gasteiger partial charge in [-0.2, -0.15) is 4.39 Å². The third-order valence-corrected chi connectivity index (χ3v) is 3.61. The lowest BCUT2D eigenvalue weighted by atomic mass is 9.94. The molecular weight excluding hydrogens is 335 g/mol. The summed E-state index contributed by atoms with van der Waals surface area (Å²) in [6.07, 6.45) is 1.00. The van der Waals surface area contributed by atoms with Crippen molar-refractivity contribution in [2.24, 2.45) is 0 Å². The van der Waals surface area contributed by atoms with Gasteiger partial charge in [0.2, 0.25) is 12.2 Å². The topological polar surface area (TPSA) is 126 Å². The van der Waals surface area contributed by atoms with Crippen LogP contribution in [0.2, 0.25) is 0 Å². The van der Waals surface area contributed by atoms with E-state index in [0.717, 1.165) is 4.57 Å². The van der Waals surface area contributed by atoms with Crippen LogP contribution in [-0.2, 0) is 24.7 Å². The Balaban J connectivity index is 3.36. The van der Waals surface area contributed by atoms with Crippen LogP contribution >= 0.6 is 0 Å². The zero-order valence-corrected chi connectivity index (χ0v) is 14.2. The van der Waals surface area contributed by atoms with Crippen molar-refractivity contribution in [3.05, 3.63) is 17.7 Å². The number of hydrogen-bond donors (Lipinski definition) is 3. The second-order valence-electron chi connectivity index (χ2n) is 6.57. The van der Waals surface area contributed by atoms with Crippen molar-refractivity contribution >= 4 is 29.8 Å². The first kappa shape index (κ1) is 20.3. The number of carboxylic acids is 2. The molecule has 1 heterocycles. The smallest absolute Gasteiger partial charge is 0.311 e. The Labute approximate surface area is 143 Å². The molecule has 1 atom stereocenters. The predicted octanol–water partition coefficient (Wildman–Crippen LogP) is 1.94. The molecule has 25 heavy (non-hydrogen) atoms. The first-order chi connectivity index (χ1) is 11.5. The van der Waals surface area contributed by atoms with E-state index in [1.807, 2.05) is 0 Å². The van der Waals surface area contributed by atoms with Gasteiger partial charge in [0.15, 0.2) is 0 Å². The van der Waals surface area contributed by atoms with Gasteiger partial charge < -0.3 is 20.1 Å². The van der Waals surface area contributed by atoms with Crippen LogP contribution in [0.4, 0.5) is 10.1 Å². The van der Waals surface area contributed by atoms with Crippen molar-refractivity contribution < 1.29 is 33.8 Å². The second kappa shape index (κ2) is 7.91. The predicted molar refractivity (Wildman–Crippen MR) is 85.9 cm³/mol. The maximum atomic E-state index is 14.7. The van der Waals surface area contributed by atoms with E-state index in [-0.39, 0.29) is 36.8 Å². The standard InChI is InChI=1S/C16H21FN2O6/c1-16(2,3)19-7-10(13(14(19)17)18-11(21)8-20)9(15(24)25)5-4-6-12(22)23/h7-9H,4-6H2,1-3H3,(H,18,21)(H,22,23)(H,24,25). The van der Waals surface area contributed by atoms with Gasteiger partial charge in [-0.05, 0) is 33.6 Å². The molecule has 0 fully saturated rings. The highest BCUT2D eigenvalue weighted by atomic mass is 19.1. The van der Waals surface area contributed by atoms with E-state index in [2.05, 4.69) is 5.32 Å². The van der Waals surface area contributed by atoms with Gasteiger partial charge in [-0.1, -0.05) is 0 Å². The number of carbonyl (C=O) groups is 4. The number of aldehydes is 1. The van der Waals surface area contributed by atoms with E-state index in [4.69, 9.17) is 5.11 Å². The van der Waals surface area contributed by atoms with Crippen molar-refractivity contribution in [2.45, 2.75) is 51.5 Å². The highest BCUT2D eigenvalue weighted by Gasteiger charge is 2.31. The van der Waals surface area contributed by atoms with E-state index in [9.17, 15) is 28.7 Å². The average Bonchev–Trinajstić information content (AvgIpc) is 2.80. The summed E-state index contributed by atoms with van der Waals surface area (Å²) in [5, 5.41) is 20.2. The summed E-state index contributed by atoms with van der Waals surface area (Å²) in [6, 6.07) is 0. The minimum atomic E-state index is -1.28. The summed E-state index contributed by atoms with van der Waals surface area (Å²) < 4.78 is 15.9. The number of nitrogens with zero attached hydrogens (tertiary/aromatic N) is 1. The summed E-state index contributed by atoms with van der Waals surface area (Å²) >= 11 is 0. The van der Waals surface area contributed by atoms with E-state index in [1.165, 1.54) is 6.20 Å². The maximum Gasteiger partial charge on any atom is 0.311 e. The fourth-order valence-electron chi connectivity index (χ4n) is 2.40. The molecule has 1 aromatic heterocycles. The van der Waals surface area contributed by atoms with Crippen LogP contribution in [-0.4, -0.2) is 38.9 Å². The third kappa shape index (κ3) is 5.13. The van der Waals surface area contributed by atoms with Gasteiger partial charge in [0.1, 0.15) is 5.69 Å². The number of anilines is 1. The molecule has 8 nitrogen and oxygen atoms in total. The summed E-state index contributed by atoms with van der Waals surface area (Å²) in [5.41, 5.74) is -1.14. The van der Waals surface area contributed by atoms with Gasteiger partial charge in [0, 0.05) is 23.7 Å². The number of carbonyl (C=O) groups excluding carboxylic acids is 2. The molecule has 0 aliphatic heterocycles. The van der Waals surface area contributed by atoms with Gasteiger partial charge in [-0.25, -0.2) is 0 Å². The third-order valence-electron chi connectivity index (χ3n) is 3.61. The van der Waals surface area contributed by atoms with Crippen LogP contribution < -0.4 is 5.32 Å². The number of aliphatic carboxylic acids is 2. The average molecular weight is 356 g/mol. The van der Waals surface area contributed by atoms with Crippen molar-refractivity contribution in [1.29, 1.82) is 0 Å². The minimum Gasteiger partial charge on any atom is -0.481 e. The molecule has 0 aliphatic rings. The molecule has 1 unspecified atom stereocenters. The monoisotopic (exact) mass is 356 g/mol. The van der Waals surface area contributed by atoms with Gasteiger partial charge in [-0.15, -0.1) is 0 Å². The number of nitrogens with one attached hydrogen (secondary N) is 1. The Kier molecular flexibility index (Phi) is 6.43. The largest absolute Gasteiger partial charge is 0.481 e. The molecule has 0 saturated heterocycles. The zero-order valence-electron chi connectivity index (χ0n) is 14.2. The molecule has 1 amide bonds. The molecular formula is C16H21FN2O6. The Morgan fingerprint density at radius 2 is 1.92 bits per heavy atom. The maximum absolute atomic E-state index is 14.7. The lowest BCUT2D eigenvalue weighted by Gasteiger charge is -2.21. The summed E-state index contributed by atoms with van der Waals surface area (Å²) in [4.78, 5) is 44.1. The summed E-state index contributed by atoms with van der Waals surface area (Å²) in [6.45, 7) is 5.06. The Hall–Kier alpha value is -2.71. The SMILES string of the molecule is CC(C)(C)n1cc(C(CCCC(=O)O)C(=O)O)c(NC(=O)C=O)c1F. The Morgan fingerprint density at radius 1 is 1.32 bits per heavy atom. The number of amides is 1. The first-order valence-corrected chi connectivity index (χ1v) is 7.61. The first-order valence-electron chi connectivity index (χ1n) is 7.61. The highest BCUT2D eigenvalue weighted by molar-refractivity contribution is 6.29. The summed E-state index contributed by atoms with van der Waals surface area (Å²) in [7, 11) is 0. The number of aromatic nitrogens is 1. The van der Waals surface area contributed by atoms with Crippen molar-refractivity contribution in [3.63, 3.8) is 0 Å². The van der Waals surface area contributed by atoms with E-state index in [1.54, 1.807) is 20.8 Å². The van der Waals surface area contributed by atoms with Crippen molar-refractivity contribution in [2.75, 3.05) is 5.32 Å². The van der Waals surface area contributed by atoms with Gasteiger partial charge >= 0.3 is 11.9 Å². The molecule has 1 aromatic rings. The highest BCUT2D eigenvalue weighted by Crippen LogP contribution is 2.35. The lowest BCUT2D eigenvalue weighted by molar-refractivity contribution is -0.140. The van der Waals surface area contributed by atoms with Crippen molar-refractivity contribution in [3.8, 4) is 0 Å². The molecule has 0 spiro atoms. The molecule has 0 aromatic carbocycles. The lowest BCUT2D eigenvalue weighted by Crippen LogP contribution is -2.23. The number of carboxylic acid groups (broad SMARTS) is 2. The zero-order chi connectivity index (χ0) is 19.4. The van der Waals surface area contributed by atoms with E-state index in [0.29, 0.717) is 0 Å². The number of hydrogen-bond acceptors (Lipinski definition) is 4. The molecule has 3 N–H and O–H groups in total. The molecule has 0 saturated carbocycles. The number of halogens is 1. The normalized spacial score (nSPS) is 12.5. The number of rotatable bonds is 8. The van der Waals surface area contributed by atoms with Crippen LogP contribution in [0.15, 0.2) is 6.20 Å². The second-order valence-corrected chi connectivity index (χ2v) is 6.57. The van der Waals surface area contributed by atoms with Crippen LogP contribution in [0, 0.1) is 5.95 Å². The van der Waals surface area contributed by atoms with Crippen LogP contribution in [0.5, 0.6) is 0 Å². The molecule has 1 rings (SSSR count). The molecule has 138 valence electrons. The Morgan fingerprint density at radius 3 is 2.36 bits per heavy atom. The van der Waals surface area contributed by atoms with Gasteiger partial charge in [-0.3, -0.25) is 19.2 Å². The van der Waals surface area contributed by atoms with Crippen LogP contribution in [0.25, 0.3) is 0 Å². The molecule has 0 radical (unpaired) electrons. The fourth-order valence-corrected chi connectivity index (χ4v) is 2.40. The minimum absolute atomic E-state index is 0.0134. The van der Waals surface area contributed by atoms with Crippen LogP contribution in [0.3, 0.4) is 0 Å². The molecule has 9 heteroatoms. The molecule has 0 bridgehead atoms. The quantitative estimate of drug-likeness (QED) is 0.483. The van der Waals surface area contributed by atoms with Gasteiger partial charge in [0.25, 0.3) is 5.91 Å². The Bertz CT molecular complexity index is 690. The van der Waals surface area contributed by atoms with Gasteiger partial charge in [0.05, 0.1) is 5.92 Å². The fraction of sp³-hybridized carbons (Fsp3) is 0.500. The summed E-state index contributed by atoms with van der Waals surface area (Å²) in [5.74, 6) is -5.56. The molecule has 0 aliphatic carbocycles. The van der Waals surface area contributed by atoms with E-state index >= 15 is 0 Å². The van der Waals surface area contributed by atoms with Crippen LogP contribution in [0.1, 0.15) is 51.5 Å².